The molecular formula is C22H24N2O4S. The Kier molecular flexibility index (Phi) is 7.30. The second-order valence-corrected chi connectivity index (χ2v) is 7.88. The van der Waals surface area contributed by atoms with E-state index in [4.69, 9.17) is 4.74 Å². The van der Waals surface area contributed by atoms with Gasteiger partial charge in [-0.3, -0.25) is 14.4 Å². The number of anilines is 1. The molecule has 0 radical (unpaired) electrons. The van der Waals surface area contributed by atoms with Gasteiger partial charge in [-0.25, -0.2) is 4.90 Å². The lowest BCUT2D eigenvalue weighted by molar-refractivity contribution is -0.122. The van der Waals surface area contributed by atoms with Crippen molar-refractivity contribution in [1.82, 2.24) is 5.32 Å². The second-order valence-electron chi connectivity index (χ2n) is 6.57. The molecule has 1 aliphatic heterocycles. The van der Waals surface area contributed by atoms with Gasteiger partial charge in [0.05, 0.1) is 17.5 Å². The second kappa shape index (κ2) is 10.1. The van der Waals surface area contributed by atoms with Crippen LogP contribution in [0, 0.1) is 0 Å². The van der Waals surface area contributed by atoms with Crippen LogP contribution in [-0.4, -0.2) is 35.3 Å². The first-order chi connectivity index (χ1) is 14.1. The summed E-state index contributed by atoms with van der Waals surface area (Å²) < 4.78 is 5.39. The molecule has 0 aliphatic carbocycles. The van der Waals surface area contributed by atoms with Crippen molar-refractivity contribution in [2.45, 2.75) is 31.6 Å². The Morgan fingerprint density at radius 3 is 2.55 bits per heavy atom. The van der Waals surface area contributed by atoms with Gasteiger partial charge >= 0.3 is 0 Å². The van der Waals surface area contributed by atoms with Gasteiger partial charge in [0.25, 0.3) is 0 Å². The minimum absolute atomic E-state index is 0.0681. The summed E-state index contributed by atoms with van der Waals surface area (Å²) in [5, 5.41) is 2.42. The average molecular weight is 413 g/mol. The number of hydrogen-bond donors (Lipinski definition) is 1. The number of rotatable bonds is 9. The lowest BCUT2D eigenvalue weighted by Gasteiger charge is -2.15. The summed E-state index contributed by atoms with van der Waals surface area (Å²) >= 11 is 1.36. The smallest absolute Gasteiger partial charge is 0.247 e. The third-order valence-electron chi connectivity index (χ3n) is 4.49. The summed E-state index contributed by atoms with van der Waals surface area (Å²) in [6.07, 6.45) is 0.459. The van der Waals surface area contributed by atoms with Gasteiger partial charge in [0, 0.05) is 25.1 Å². The fourth-order valence-electron chi connectivity index (χ4n) is 3.04. The highest BCUT2D eigenvalue weighted by atomic mass is 32.2. The van der Waals surface area contributed by atoms with Gasteiger partial charge in [-0.05, 0) is 36.8 Å². The van der Waals surface area contributed by atoms with E-state index in [2.05, 4.69) is 5.32 Å². The quantitative estimate of drug-likeness (QED) is 0.641. The van der Waals surface area contributed by atoms with E-state index >= 15 is 0 Å². The summed E-state index contributed by atoms with van der Waals surface area (Å²) in [7, 11) is 0. The number of nitrogens with one attached hydrogen (secondary N) is 1. The SMILES string of the molecule is CCOc1ccc(N2C(=O)C[C@H](SCCC(=O)NCc3ccccc3)C2=O)cc1. The summed E-state index contributed by atoms with van der Waals surface area (Å²) in [6.45, 7) is 2.93. The molecule has 2 aromatic carbocycles. The molecular weight excluding hydrogens is 388 g/mol. The van der Waals surface area contributed by atoms with Crippen molar-refractivity contribution in [3.05, 3.63) is 60.2 Å². The van der Waals surface area contributed by atoms with Gasteiger partial charge in [-0.15, -0.1) is 11.8 Å². The Morgan fingerprint density at radius 1 is 1.14 bits per heavy atom. The first-order valence-corrected chi connectivity index (χ1v) is 10.6. The lowest BCUT2D eigenvalue weighted by Crippen LogP contribution is -2.31. The molecule has 29 heavy (non-hydrogen) atoms. The highest BCUT2D eigenvalue weighted by Gasteiger charge is 2.39. The molecule has 0 saturated carbocycles. The average Bonchev–Trinajstić information content (AvgIpc) is 3.01. The van der Waals surface area contributed by atoms with Crippen LogP contribution in [0.1, 0.15) is 25.3 Å². The molecule has 1 fully saturated rings. The van der Waals surface area contributed by atoms with Gasteiger partial charge in [-0.1, -0.05) is 30.3 Å². The monoisotopic (exact) mass is 412 g/mol. The molecule has 1 saturated heterocycles. The predicted molar refractivity (Wildman–Crippen MR) is 114 cm³/mol. The van der Waals surface area contributed by atoms with Crippen molar-refractivity contribution >= 4 is 35.2 Å². The van der Waals surface area contributed by atoms with Crippen LogP contribution >= 0.6 is 11.8 Å². The molecule has 0 aromatic heterocycles. The number of ether oxygens (including phenoxy) is 1. The summed E-state index contributed by atoms with van der Waals surface area (Å²) in [6, 6.07) is 16.6. The standard InChI is InChI=1S/C22H24N2O4S/c1-2-28-18-10-8-17(9-11-18)24-21(26)14-19(22(24)27)29-13-12-20(25)23-15-16-6-4-3-5-7-16/h3-11,19H,2,12-15H2,1H3,(H,23,25)/t19-/m0/s1. The van der Waals surface area contributed by atoms with E-state index in [9.17, 15) is 14.4 Å². The maximum absolute atomic E-state index is 12.7. The van der Waals surface area contributed by atoms with E-state index in [-0.39, 0.29) is 24.1 Å². The molecule has 0 unspecified atom stereocenters. The number of imide groups is 1. The largest absolute Gasteiger partial charge is 0.494 e. The van der Waals surface area contributed by atoms with Crippen molar-refractivity contribution in [2.75, 3.05) is 17.3 Å². The molecule has 2 aromatic rings. The summed E-state index contributed by atoms with van der Waals surface area (Å²) in [5.74, 6) is 0.671. The Balaban J connectivity index is 1.46. The van der Waals surface area contributed by atoms with E-state index in [1.807, 2.05) is 37.3 Å². The molecule has 3 amide bonds. The van der Waals surface area contributed by atoms with Crippen LogP contribution in [0.3, 0.4) is 0 Å². The Hall–Kier alpha value is -2.80. The van der Waals surface area contributed by atoms with Crippen molar-refractivity contribution in [3.8, 4) is 5.75 Å². The number of nitrogens with zero attached hydrogens (tertiary/aromatic N) is 1. The number of hydrogen-bond acceptors (Lipinski definition) is 5. The third kappa shape index (κ3) is 5.60. The van der Waals surface area contributed by atoms with E-state index in [1.54, 1.807) is 24.3 Å². The molecule has 1 heterocycles. The van der Waals surface area contributed by atoms with Crippen molar-refractivity contribution < 1.29 is 19.1 Å². The normalized spacial score (nSPS) is 16.2. The first kappa shape index (κ1) is 20.9. The van der Waals surface area contributed by atoms with Crippen LogP contribution in [0.5, 0.6) is 5.75 Å². The van der Waals surface area contributed by atoms with Crippen LogP contribution in [0.4, 0.5) is 5.69 Å². The Morgan fingerprint density at radius 2 is 1.86 bits per heavy atom. The third-order valence-corrected chi connectivity index (χ3v) is 5.70. The molecule has 1 aliphatic rings. The van der Waals surface area contributed by atoms with Crippen molar-refractivity contribution in [1.29, 1.82) is 0 Å². The molecule has 1 atom stereocenters. The first-order valence-electron chi connectivity index (χ1n) is 9.60. The highest BCUT2D eigenvalue weighted by molar-refractivity contribution is 8.00. The van der Waals surface area contributed by atoms with Crippen LogP contribution in [0.2, 0.25) is 0 Å². The van der Waals surface area contributed by atoms with Gasteiger partial charge in [-0.2, -0.15) is 0 Å². The zero-order chi connectivity index (χ0) is 20.6. The Labute approximate surface area is 174 Å². The molecule has 0 spiro atoms. The van der Waals surface area contributed by atoms with Crippen LogP contribution in [0.25, 0.3) is 0 Å². The fraction of sp³-hybridized carbons (Fsp3) is 0.318. The van der Waals surface area contributed by atoms with Crippen molar-refractivity contribution in [2.24, 2.45) is 0 Å². The summed E-state index contributed by atoms with van der Waals surface area (Å²) in [4.78, 5) is 38.2. The van der Waals surface area contributed by atoms with E-state index < -0.39 is 5.25 Å². The molecule has 1 N–H and O–H groups in total. The van der Waals surface area contributed by atoms with Crippen molar-refractivity contribution in [3.63, 3.8) is 0 Å². The maximum Gasteiger partial charge on any atom is 0.247 e. The number of thioether (sulfide) groups is 1. The zero-order valence-electron chi connectivity index (χ0n) is 16.3. The topological polar surface area (TPSA) is 75.7 Å². The number of benzene rings is 2. The van der Waals surface area contributed by atoms with Gasteiger partial charge in [0.2, 0.25) is 17.7 Å². The molecule has 6 nitrogen and oxygen atoms in total. The molecule has 3 rings (SSSR count). The zero-order valence-corrected chi connectivity index (χ0v) is 17.1. The maximum atomic E-state index is 12.7. The van der Waals surface area contributed by atoms with E-state index in [0.29, 0.717) is 36.8 Å². The van der Waals surface area contributed by atoms with Gasteiger partial charge < -0.3 is 10.1 Å². The Bertz CT molecular complexity index is 855. The van der Waals surface area contributed by atoms with Gasteiger partial charge in [0.15, 0.2) is 0 Å². The van der Waals surface area contributed by atoms with Crippen LogP contribution in [0.15, 0.2) is 54.6 Å². The molecule has 152 valence electrons. The minimum Gasteiger partial charge on any atom is -0.494 e. The lowest BCUT2D eigenvalue weighted by atomic mass is 10.2. The van der Waals surface area contributed by atoms with E-state index in [1.165, 1.54) is 16.7 Å². The number of carbonyl (C=O) groups is 3. The van der Waals surface area contributed by atoms with Crippen LogP contribution in [-0.2, 0) is 20.9 Å². The molecule has 0 bridgehead atoms. The fourth-order valence-corrected chi connectivity index (χ4v) is 4.14. The highest BCUT2D eigenvalue weighted by Crippen LogP contribution is 2.30. The van der Waals surface area contributed by atoms with Gasteiger partial charge in [0.1, 0.15) is 5.75 Å². The number of amides is 3. The minimum atomic E-state index is -0.448. The molecule has 7 heteroatoms. The van der Waals surface area contributed by atoms with E-state index in [0.717, 1.165) is 5.56 Å². The number of carbonyl (C=O) groups excluding carboxylic acids is 3. The summed E-state index contributed by atoms with van der Waals surface area (Å²) in [5.41, 5.74) is 1.59. The predicted octanol–water partition coefficient (Wildman–Crippen LogP) is 3.16. The van der Waals surface area contributed by atoms with Crippen LogP contribution < -0.4 is 15.0 Å².